The average Bonchev–Trinajstić information content (AvgIpc) is 2.95. The number of amides is 1. The Morgan fingerprint density at radius 3 is 2.78 bits per heavy atom. The summed E-state index contributed by atoms with van der Waals surface area (Å²) in [5, 5.41) is 12.9. The minimum absolute atomic E-state index is 0.00369. The van der Waals surface area contributed by atoms with Gasteiger partial charge in [-0.15, -0.1) is 0 Å². The first-order valence-electron chi connectivity index (χ1n) is 7.67. The summed E-state index contributed by atoms with van der Waals surface area (Å²) in [5.74, 6) is -0.224. The molecule has 1 fully saturated rings. The van der Waals surface area contributed by atoms with Gasteiger partial charge in [0.2, 0.25) is 0 Å². The summed E-state index contributed by atoms with van der Waals surface area (Å²) in [6.07, 6.45) is 0.926. The van der Waals surface area contributed by atoms with Crippen molar-refractivity contribution in [3.05, 3.63) is 64.1 Å². The van der Waals surface area contributed by atoms with Gasteiger partial charge in [-0.2, -0.15) is 0 Å². The van der Waals surface area contributed by atoms with Crippen LogP contribution >= 0.6 is 15.9 Å². The first-order valence-corrected chi connectivity index (χ1v) is 8.47. The van der Waals surface area contributed by atoms with E-state index < -0.39 is 0 Å². The van der Waals surface area contributed by atoms with Crippen molar-refractivity contribution in [2.75, 3.05) is 13.1 Å². The number of carbonyl (C=O) groups excluding carboxylic acids is 1. The third-order valence-electron chi connectivity index (χ3n) is 4.06. The van der Waals surface area contributed by atoms with Crippen molar-refractivity contribution in [2.24, 2.45) is 0 Å². The fourth-order valence-electron chi connectivity index (χ4n) is 2.90. The number of benzene rings is 2. The molecule has 2 aromatic rings. The van der Waals surface area contributed by atoms with E-state index in [4.69, 9.17) is 0 Å². The van der Waals surface area contributed by atoms with Gasteiger partial charge < -0.3 is 10.4 Å². The molecular weight excluding hydrogens is 356 g/mol. The van der Waals surface area contributed by atoms with E-state index in [2.05, 4.69) is 38.3 Å². The lowest BCUT2D eigenvalue weighted by Gasteiger charge is -2.17. The lowest BCUT2D eigenvalue weighted by atomic mass is 10.1. The monoisotopic (exact) mass is 374 g/mol. The molecule has 0 aliphatic carbocycles. The first kappa shape index (κ1) is 16.0. The molecule has 5 heteroatoms. The molecule has 1 heterocycles. The standard InChI is InChI=1S/C18H19BrN2O2/c19-14-6-7-16(17(22)10-14)18(23)20-15-8-9-21(12-15)11-13-4-2-1-3-5-13/h1-7,10,15,22H,8-9,11-12H2,(H,20,23). The highest BCUT2D eigenvalue weighted by molar-refractivity contribution is 9.10. The van der Waals surface area contributed by atoms with Crippen LogP contribution in [0.5, 0.6) is 5.75 Å². The van der Waals surface area contributed by atoms with Crippen LogP contribution in [0, 0.1) is 0 Å². The van der Waals surface area contributed by atoms with Crippen LogP contribution < -0.4 is 5.32 Å². The quantitative estimate of drug-likeness (QED) is 0.863. The highest BCUT2D eigenvalue weighted by Gasteiger charge is 2.25. The van der Waals surface area contributed by atoms with E-state index >= 15 is 0 Å². The molecule has 0 radical (unpaired) electrons. The van der Waals surface area contributed by atoms with Crippen LogP contribution in [0.1, 0.15) is 22.3 Å². The number of nitrogens with one attached hydrogen (secondary N) is 1. The van der Waals surface area contributed by atoms with Crippen LogP contribution in [-0.4, -0.2) is 35.0 Å². The third kappa shape index (κ3) is 4.12. The topological polar surface area (TPSA) is 52.6 Å². The number of carbonyl (C=O) groups is 1. The molecule has 23 heavy (non-hydrogen) atoms. The van der Waals surface area contributed by atoms with Gasteiger partial charge in [0.1, 0.15) is 5.75 Å². The molecule has 120 valence electrons. The van der Waals surface area contributed by atoms with E-state index in [0.717, 1.165) is 30.5 Å². The van der Waals surface area contributed by atoms with Crippen molar-refractivity contribution in [1.82, 2.24) is 10.2 Å². The van der Waals surface area contributed by atoms with Gasteiger partial charge in [-0.25, -0.2) is 0 Å². The van der Waals surface area contributed by atoms with Crippen molar-refractivity contribution in [2.45, 2.75) is 19.0 Å². The molecule has 2 N–H and O–H groups in total. The van der Waals surface area contributed by atoms with Crippen molar-refractivity contribution in [3.8, 4) is 5.75 Å². The molecule has 0 spiro atoms. The van der Waals surface area contributed by atoms with Gasteiger partial charge in [-0.1, -0.05) is 46.3 Å². The van der Waals surface area contributed by atoms with Crippen LogP contribution in [0.2, 0.25) is 0 Å². The van der Waals surface area contributed by atoms with Crippen LogP contribution in [0.25, 0.3) is 0 Å². The van der Waals surface area contributed by atoms with Gasteiger partial charge in [0.25, 0.3) is 5.91 Å². The molecule has 1 aliphatic rings. The fraction of sp³-hybridized carbons (Fsp3) is 0.278. The smallest absolute Gasteiger partial charge is 0.255 e. The summed E-state index contributed by atoms with van der Waals surface area (Å²) < 4.78 is 0.751. The summed E-state index contributed by atoms with van der Waals surface area (Å²) in [7, 11) is 0. The summed E-state index contributed by atoms with van der Waals surface area (Å²) in [5.41, 5.74) is 1.60. The highest BCUT2D eigenvalue weighted by atomic mass is 79.9. The van der Waals surface area contributed by atoms with Crippen LogP contribution in [0.4, 0.5) is 0 Å². The fourth-order valence-corrected chi connectivity index (χ4v) is 3.24. The minimum Gasteiger partial charge on any atom is -0.507 e. The summed E-state index contributed by atoms with van der Waals surface area (Å²) >= 11 is 3.27. The van der Waals surface area contributed by atoms with Gasteiger partial charge >= 0.3 is 0 Å². The predicted molar refractivity (Wildman–Crippen MR) is 93.4 cm³/mol. The largest absolute Gasteiger partial charge is 0.507 e. The zero-order chi connectivity index (χ0) is 16.2. The van der Waals surface area contributed by atoms with E-state index in [9.17, 15) is 9.90 Å². The lowest BCUT2D eigenvalue weighted by molar-refractivity contribution is 0.0935. The van der Waals surface area contributed by atoms with E-state index in [1.54, 1.807) is 12.1 Å². The Morgan fingerprint density at radius 2 is 2.04 bits per heavy atom. The second-order valence-electron chi connectivity index (χ2n) is 5.84. The Hall–Kier alpha value is -1.85. The second kappa shape index (κ2) is 7.15. The number of likely N-dealkylation sites (tertiary alicyclic amines) is 1. The SMILES string of the molecule is O=C(NC1CCN(Cc2ccccc2)C1)c1ccc(Br)cc1O. The van der Waals surface area contributed by atoms with Gasteiger partial charge in [-0.05, 0) is 30.2 Å². The van der Waals surface area contributed by atoms with E-state index in [0.29, 0.717) is 5.56 Å². The van der Waals surface area contributed by atoms with Crippen molar-refractivity contribution < 1.29 is 9.90 Å². The van der Waals surface area contributed by atoms with Crippen molar-refractivity contribution in [1.29, 1.82) is 0 Å². The van der Waals surface area contributed by atoms with Crippen molar-refractivity contribution >= 4 is 21.8 Å². The normalized spacial score (nSPS) is 18.0. The molecule has 1 amide bonds. The Morgan fingerprint density at radius 1 is 1.26 bits per heavy atom. The zero-order valence-electron chi connectivity index (χ0n) is 12.7. The molecule has 0 saturated carbocycles. The molecule has 0 bridgehead atoms. The van der Waals surface area contributed by atoms with Crippen LogP contribution in [0.15, 0.2) is 53.0 Å². The van der Waals surface area contributed by atoms with Crippen LogP contribution in [-0.2, 0) is 6.54 Å². The molecule has 1 aliphatic heterocycles. The molecule has 1 atom stereocenters. The third-order valence-corrected chi connectivity index (χ3v) is 4.55. The number of hydrogen-bond donors (Lipinski definition) is 2. The number of aromatic hydroxyl groups is 1. The van der Waals surface area contributed by atoms with Gasteiger partial charge in [0, 0.05) is 30.1 Å². The number of nitrogens with zero attached hydrogens (tertiary/aromatic N) is 1. The minimum atomic E-state index is -0.221. The molecule has 0 aromatic heterocycles. The molecule has 3 rings (SSSR count). The predicted octanol–water partition coefficient (Wildman–Crippen LogP) is 3.16. The molecule has 1 unspecified atom stereocenters. The summed E-state index contributed by atoms with van der Waals surface area (Å²) in [4.78, 5) is 14.6. The number of phenols is 1. The molecule has 2 aromatic carbocycles. The summed E-state index contributed by atoms with van der Waals surface area (Å²) in [6, 6.07) is 15.4. The Bertz CT molecular complexity index is 691. The number of phenolic OH excluding ortho intramolecular Hbond substituents is 1. The zero-order valence-corrected chi connectivity index (χ0v) is 14.3. The second-order valence-corrected chi connectivity index (χ2v) is 6.76. The van der Waals surface area contributed by atoms with Gasteiger partial charge in [-0.3, -0.25) is 9.69 Å². The molecule has 4 nitrogen and oxygen atoms in total. The van der Waals surface area contributed by atoms with E-state index in [1.165, 1.54) is 11.6 Å². The molecular formula is C18H19BrN2O2. The number of hydrogen-bond acceptors (Lipinski definition) is 3. The summed E-state index contributed by atoms with van der Waals surface area (Å²) in [6.45, 7) is 2.70. The number of rotatable bonds is 4. The van der Waals surface area contributed by atoms with Gasteiger partial charge in [0.15, 0.2) is 0 Å². The first-order chi connectivity index (χ1) is 11.1. The van der Waals surface area contributed by atoms with E-state index in [-0.39, 0.29) is 17.7 Å². The Labute approximate surface area is 144 Å². The Kier molecular flexibility index (Phi) is 4.98. The van der Waals surface area contributed by atoms with Gasteiger partial charge in [0.05, 0.1) is 5.56 Å². The molecule has 1 saturated heterocycles. The highest BCUT2D eigenvalue weighted by Crippen LogP contribution is 2.23. The maximum atomic E-state index is 12.3. The lowest BCUT2D eigenvalue weighted by Crippen LogP contribution is -2.37. The maximum absolute atomic E-state index is 12.3. The van der Waals surface area contributed by atoms with Crippen molar-refractivity contribution in [3.63, 3.8) is 0 Å². The van der Waals surface area contributed by atoms with E-state index in [1.807, 2.05) is 18.2 Å². The maximum Gasteiger partial charge on any atom is 0.255 e. The average molecular weight is 375 g/mol. The van der Waals surface area contributed by atoms with Crippen LogP contribution in [0.3, 0.4) is 0 Å². The number of halogens is 1. The Balaban J connectivity index is 1.56.